The molecule has 0 saturated heterocycles. The number of aromatic carboxylic acids is 1. The van der Waals surface area contributed by atoms with Crippen LogP contribution in [0.1, 0.15) is 10.6 Å². The summed E-state index contributed by atoms with van der Waals surface area (Å²) in [5.74, 6) is -1.19. The van der Waals surface area contributed by atoms with Crippen molar-refractivity contribution in [2.75, 3.05) is 0 Å². The molecule has 2 aromatic rings. The summed E-state index contributed by atoms with van der Waals surface area (Å²) in [5, 5.41) is 8.57. The minimum Gasteiger partial charge on any atom is -0.475 e. The molecule has 0 aliphatic carbocycles. The summed E-state index contributed by atoms with van der Waals surface area (Å²) in [6.07, 6.45) is 0. The summed E-state index contributed by atoms with van der Waals surface area (Å²) in [6, 6.07) is 8.32. The van der Waals surface area contributed by atoms with E-state index >= 15 is 0 Å². The number of rotatable bonds is 3. The van der Waals surface area contributed by atoms with Crippen molar-refractivity contribution in [2.45, 2.75) is 0 Å². The molecule has 3 N–H and O–H groups in total. The van der Waals surface area contributed by atoms with Gasteiger partial charge >= 0.3 is 13.6 Å². The molecule has 0 spiro atoms. The number of carboxylic acids is 1. The van der Waals surface area contributed by atoms with E-state index in [1.807, 2.05) is 0 Å². The molecular weight excluding hydrogens is 259 g/mol. The molecule has 0 unspecified atom stereocenters. The second kappa shape index (κ2) is 4.42. The maximum atomic E-state index is 11.1. The van der Waals surface area contributed by atoms with E-state index < -0.39 is 13.6 Å². The van der Waals surface area contributed by atoms with Crippen molar-refractivity contribution in [2.24, 2.45) is 0 Å². The Hall–Kier alpha value is -1.88. The first kappa shape index (κ1) is 12.6. The Kier molecular flexibility index (Phi) is 3.09. The molecular formula is C11H9O6P. The van der Waals surface area contributed by atoms with E-state index in [2.05, 4.69) is 0 Å². The van der Waals surface area contributed by atoms with Gasteiger partial charge in [0.1, 0.15) is 5.76 Å². The van der Waals surface area contributed by atoms with Gasteiger partial charge < -0.3 is 19.3 Å². The van der Waals surface area contributed by atoms with Crippen LogP contribution in [-0.2, 0) is 4.57 Å². The molecule has 0 radical (unpaired) electrons. The smallest absolute Gasteiger partial charge is 0.371 e. The normalized spacial score (nSPS) is 11.4. The Morgan fingerprint density at radius 2 is 1.89 bits per heavy atom. The molecule has 1 heterocycles. The third-order valence-electron chi connectivity index (χ3n) is 2.28. The lowest BCUT2D eigenvalue weighted by Gasteiger charge is -2.04. The second-order valence-corrected chi connectivity index (χ2v) is 5.17. The summed E-state index contributed by atoms with van der Waals surface area (Å²) in [4.78, 5) is 28.7. The van der Waals surface area contributed by atoms with Crippen LogP contribution in [-0.4, -0.2) is 20.9 Å². The Labute approximate surface area is 102 Å². The van der Waals surface area contributed by atoms with Gasteiger partial charge in [-0.15, -0.1) is 0 Å². The fourth-order valence-corrected chi connectivity index (χ4v) is 2.04. The quantitative estimate of drug-likeness (QED) is 0.727. The standard InChI is InChI=1S/C11H9O6P/c12-11(13)10-5-4-9(17-10)7-2-1-3-8(6-7)18(14,15)16/h1-6H,(H,12,13)(H2,14,15,16). The van der Waals surface area contributed by atoms with Gasteiger partial charge in [0, 0.05) is 5.56 Å². The molecule has 18 heavy (non-hydrogen) atoms. The Balaban J connectivity index is 2.45. The average molecular weight is 268 g/mol. The van der Waals surface area contributed by atoms with Crippen LogP contribution in [0.15, 0.2) is 40.8 Å². The molecule has 0 bridgehead atoms. The van der Waals surface area contributed by atoms with Crippen LogP contribution >= 0.6 is 7.60 Å². The average Bonchev–Trinajstić information content (AvgIpc) is 2.77. The Morgan fingerprint density at radius 1 is 1.17 bits per heavy atom. The first-order chi connectivity index (χ1) is 8.38. The van der Waals surface area contributed by atoms with Crippen molar-refractivity contribution in [3.63, 3.8) is 0 Å². The van der Waals surface area contributed by atoms with Gasteiger partial charge in [-0.05, 0) is 24.3 Å². The number of carbonyl (C=O) groups is 1. The summed E-state index contributed by atoms with van der Waals surface area (Å²) < 4.78 is 16.1. The zero-order valence-electron chi connectivity index (χ0n) is 8.98. The third kappa shape index (κ3) is 2.51. The fraction of sp³-hybridized carbons (Fsp3) is 0. The predicted molar refractivity (Wildman–Crippen MR) is 62.8 cm³/mol. The number of hydrogen-bond acceptors (Lipinski definition) is 3. The molecule has 1 aromatic heterocycles. The monoisotopic (exact) mass is 268 g/mol. The number of hydrogen-bond donors (Lipinski definition) is 3. The highest BCUT2D eigenvalue weighted by molar-refractivity contribution is 7.60. The highest BCUT2D eigenvalue weighted by atomic mass is 31.2. The van der Waals surface area contributed by atoms with Gasteiger partial charge in [0.2, 0.25) is 5.76 Å². The van der Waals surface area contributed by atoms with Gasteiger partial charge in [0.25, 0.3) is 0 Å². The van der Waals surface area contributed by atoms with E-state index in [-0.39, 0.29) is 16.8 Å². The zero-order valence-corrected chi connectivity index (χ0v) is 9.87. The molecule has 6 nitrogen and oxygen atoms in total. The highest BCUT2D eigenvalue weighted by Gasteiger charge is 2.18. The number of furan rings is 1. The fourth-order valence-electron chi connectivity index (χ4n) is 1.45. The molecule has 0 aliphatic heterocycles. The summed E-state index contributed by atoms with van der Waals surface area (Å²) >= 11 is 0. The molecule has 7 heteroatoms. The van der Waals surface area contributed by atoms with Crippen LogP contribution in [0.3, 0.4) is 0 Å². The van der Waals surface area contributed by atoms with Crippen molar-refractivity contribution in [3.8, 4) is 11.3 Å². The maximum absolute atomic E-state index is 11.1. The summed E-state index contributed by atoms with van der Waals surface area (Å²) in [5.41, 5.74) is 0.406. The van der Waals surface area contributed by atoms with Gasteiger partial charge in [-0.1, -0.05) is 12.1 Å². The van der Waals surface area contributed by atoms with E-state index in [0.717, 1.165) is 0 Å². The third-order valence-corrected chi connectivity index (χ3v) is 3.23. The van der Waals surface area contributed by atoms with Gasteiger partial charge in [-0.2, -0.15) is 0 Å². The van der Waals surface area contributed by atoms with E-state index in [1.54, 1.807) is 6.07 Å². The van der Waals surface area contributed by atoms with Crippen LogP contribution in [0.4, 0.5) is 0 Å². The summed E-state index contributed by atoms with van der Waals surface area (Å²) in [7, 11) is -4.34. The van der Waals surface area contributed by atoms with Crippen LogP contribution in [0.25, 0.3) is 11.3 Å². The first-order valence-electron chi connectivity index (χ1n) is 4.87. The minimum atomic E-state index is -4.34. The first-order valence-corrected chi connectivity index (χ1v) is 6.49. The SMILES string of the molecule is O=C(O)c1ccc(-c2cccc(P(=O)(O)O)c2)o1. The molecule has 0 saturated carbocycles. The zero-order chi connectivity index (χ0) is 13.3. The number of carboxylic acid groups (broad SMARTS) is 1. The Bertz CT molecular complexity index is 638. The molecule has 2 rings (SSSR count). The van der Waals surface area contributed by atoms with Gasteiger partial charge in [-0.25, -0.2) is 4.79 Å². The van der Waals surface area contributed by atoms with Gasteiger partial charge in [0.05, 0.1) is 5.30 Å². The van der Waals surface area contributed by atoms with Crippen molar-refractivity contribution in [3.05, 3.63) is 42.2 Å². The second-order valence-electron chi connectivity index (χ2n) is 3.56. The van der Waals surface area contributed by atoms with Gasteiger partial charge in [-0.3, -0.25) is 4.57 Å². The van der Waals surface area contributed by atoms with Crippen molar-refractivity contribution < 1.29 is 28.7 Å². The lowest BCUT2D eigenvalue weighted by Crippen LogP contribution is -2.02. The van der Waals surface area contributed by atoms with E-state index in [9.17, 15) is 9.36 Å². The number of benzene rings is 1. The molecule has 0 fully saturated rings. The van der Waals surface area contributed by atoms with Crippen molar-refractivity contribution in [1.82, 2.24) is 0 Å². The lowest BCUT2D eigenvalue weighted by molar-refractivity contribution is 0.0663. The molecule has 94 valence electrons. The largest absolute Gasteiger partial charge is 0.475 e. The lowest BCUT2D eigenvalue weighted by atomic mass is 10.2. The maximum Gasteiger partial charge on any atom is 0.371 e. The highest BCUT2D eigenvalue weighted by Crippen LogP contribution is 2.34. The van der Waals surface area contributed by atoms with Crippen LogP contribution in [0, 0.1) is 0 Å². The molecule has 0 aliphatic rings. The van der Waals surface area contributed by atoms with Crippen molar-refractivity contribution >= 4 is 18.9 Å². The van der Waals surface area contributed by atoms with Crippen LogP contribution in [0.5, 0.6) is 0 Å². The van der Waals surface area contributed by atoms with Gasteiger partial charge in [0.15, 0.2) is 0 Å². The predicted octanol–water partition coefficient (Wildman–Crippen LogP) is 1.45. The molecule has 0 amide bonds. The molecule has 0 atom stereocenters. The van der Waals surface area contributed by atoms with Crippen LogP contribution in [0.2, 0.25) is 0 Å². The van der Waals surface area contributed by atoms with E-state index in [0.29, 0.717) is 5.56 Å². The molecule has 1 aromatic carbocycles. The van der Waals surface area contributed by atoms with E-state index in [4.69, 9.17) is 19.3 Å². The van der Waals surface area contributed by atoms with Crippen molar-refractivity contribution in [1.29, 1.82) is 0 Å². The minimum absolute atomic E-state index is 0.145. The topological polar surface area (TPSA) is 108 Å². The van der Waals surface area contributed by atoms with Crippen LogP contribution < -0.4 is 5.30 Å². The summed E-state index contributed by atoms with van der Waals surface area (Å²) in [6.45, 7) is 0. The Morgan fingerprint density at radius 3 is 2.44 bits per heavy atom. The van der Waals surface area contributed by atoms with E-state index in [1.165, 1.54) is 30.3 Å².